The number of carbonyl (C=O) groups is 1. The Labute approximate surface area is 144 Å². The average molecular weight is 343 g/mol. The first-order valence-electron chi connectivity index (χ1n) is 7.20. The highest BCUT2D eigenvalue weighted by molar-refractivity contribution is 6.32. The maximum Gasteiger partial charge on any atom is 0.255 e. The van der Waals surface area contributed by atoms with E-state index in [1.54, 1.807) is 12.3 Å². The number of nitrogens with zero attached hydrogens (tertiary/aromatic N) is 1. The number of hydrogen-bond donors (Lipinski definition) is 1. The molecule has 0 bridgehead atoms. The minimum Gasteiger partial charge on any atom is -0.493 e. The number of aromatic nitrogens is 1. The summed E-state index contributed by atoms with van der Waals surface area (Å²) >= 11 is 6.14. The number of para-hydroxylation sites is 1. The molecule has 0 spiro atoms. The lowest BCUT2D eigenvalue weighted by Gasteiger charge is -2.12. The van der Waals surface area contributed by atoms with E-state index in [-0.39, 0.29) is 5.91 Å². The largest absolute Gasteiger partial charge is 0.493 e. The average Bonchev–Trinajstić information content (AvgIpc) is 2.60. The Hall–Kier alpha value is -2.79. The van der Waals surface area contributed by atoms with Crippen molar-refractivity contribution in [3.8, 4) is 11.5 Å². The summed E-state index contributed by atoms with van der Waals surface area (Å²) in [6.07, 6.45) is 1.61. The maximum atomic E-state index is 12.5. The molecule has 1 N–H and O–H groups in total. The molecule has 24 heavy (non-hydrogen) atoms. The SMILES string of the molecule is COc1cc(C(=O)Nc2cnc3ccccc3c2)cc(Cl)c1OC. The van der Waals surface area contributed by atoms with E-state index >= 15 is 0 Å². The Kier molecular flexibility index (Phi) is 4.53. The predicted octanol–water partition coefficient (Wildman–Crippen LogP) is 4.16. The van der Waals surface area contributed by atoms with Gasteiger partial charge in [0.05, 0.1) is 36.6 Å². The summed E-state index contributed by atoms with van der Waals surface area (Å²) in [6.45, 7) is 0. The van der Waals surface area contributed by atoms with Gasteiger partial charge < -0.3 is 14.8 Å². The first-order chi connectivity index (χ1) is 11.6. The van der Waals surface area contributed by atoms with Crippen LogP contribution in [0.2, 0.25) is 5.02 Å². The van der Waals surface area contributed by atoms with E-state index in [2.05, 4.69) is 10.3 Å². The van der Waals surface area contributed by atoms with Crippen LogP contribution in [0.4, 0.5) is 5.69 Å². The van der Waals surface area contributed by atoms with Crippen molar-refractivity contribution in [1.29, 1.82) is 0 Å². The zero-order chi connectivity index (χ0) is 17.1. The smallest absolute Gasteiger partial charge is 0.255 e. The van der Waals surface area contributed by atoms with Gasteiger partial charge in [-0.1, -0.05) is 29.8 Å². The van der Waals surface area contributed by atoms with Crippen molar-refractivity contribution in [2.75, 3.05) is 19.5 Å². The molecule has 0 fully saturated rings. The number of nitrogens with one attached hydrogen (secondary N) is 1. The fourth-order valence-corrected chi connectivity index (χ4v) is 2.68. The van der Waals surface area contributed by atoms with Crippen LogP contribution in [-0.4, -0.2) is 25.1 Å². The molecular formula is C18H15ClN2O3. The minimum absolute atomic E-state index is 0.304. The number of hydrogen-bond acceptors (Lipinski definition) is 4. The first kappa shape index (κ1) is 16.1. The molecule has 1 aromatic heterocycles. The van der Waals surface area contributed by atoms with E-state index in [1.807, 2.05) is 30.3 Å². The predicted molar refractivity (Wildman–Crippen MR) is 94.3 cm³/mol. The van der Waals surface area contributed by atoms with Crippen molar-refractivity contribution in [1.82, 2.24) is 4.98 Å². The van der Waals surface area contributed by atoms with Gasteiger partial charge in [0.15, 0.2) is 11.5 Å². The molecule has 5 nitrogen and oxygen atoms in total. The molecule has 0 atom stereocenters. The van der Waals surface area contributed by atoms with Gasteiger partial charge in [-0.15, -0.1) is 0 Å². The second-order valence-electron chi connectivity index (χ2n) is 5.06. The van der Waals surface area contributed by atoms with E-state index in [9.17, 15) is 4.79 Å². The first-order valence-corrected chi connectivity index (χ1v) is 7.58. The Balaban J connectivity index is 1.89. The van der Waals surface area contributed by atoms with Crippen molar-refractivity contribution < 1.29 is 14.3 Å². The fourth-order valence-electron chi connectivity index (χ4n) is 2.39. The molecule has 0 aliphatic carbocycles. The monoisotopic (exact) mass is 342 g/mol. The van der Waals surface area contributed by atoms with Crippen molar-refractivity contribution in [3.63, 3.8) is 0 Å². The summed E-state index contributed by atoms with van der Waals surface area (Å²) in [7, 11) is 2.98. The van der Waals surface area contributed by atoms with E-state index in [0.717, 1.165) is 10.9 Å². The topological polar surface area (TPSA) is 60.5 Å². The highest BCUT2D eigenvalue weighted by atomic mass is 35.5. The van der Waals surface area contributed by atoms with Gasteiger partial charge in [-0.05, 0) is 24.3 Å². The van der Waals surface area contributed by atoms with Gasteiger partial charge in [0.2, 0.25) is 0 Å². The highest BCUT2D eigenvalue weighted by Crippen LogP contribution is 2.36. The van der Waals surface area contributed by atoms with E-state index < -0.39 is 0 Å². The number of fused-ring (bicyclic) bond motifs is 1. The Morgan fingerprint density at radius 3 is 2.67 bits per heavy atom. The molecule has 122 valence electrons. The summed E-state index contributed by atoms with van der Waals surface area (Å²) in [4.78, 5) is 16.8. The summed E-state index contributed by atoms with van der Waals surface area (Å²) in [5.74, 6) is 0.477. The van der Waals surface area contributed by atoms with Gasteiger partial charge in [-0.25, -0.2) is 0 Å². The summed E-state index contributed by atoms with van der Waals surface area (Å²) in [6, 6.07) is 12.7. The third kappa shape index (κ3) is 3.12. The zero-order valence-electron chi connectivity index (χ0n) is 13.2. The van der Waals surface area contributed by atoms with Crippen LogP contribution in [0.25, 0.3) is 10.9 Å². The molecular weight excluding hydrogens is 328 g/mol. The number of ether oxygens (including phenoxy) is 2. The van der Waals surface area contributed by atoms with Crippen LogP contribution in [0.3, 0.4) is 0 Å². The Bertz CT molecular complexity index is 912. The van der Waals surface area contributed by atoms with E-state index in [1.165, 1.54) is 20.3 Å². The molecule has 6 heteroatoms. The lowest BCUT2D eigenvalue weighted by atomic mass is 10.1. The molecule has 0 saturated carbocycles. The normalized spacial score (nSPS) is 10.5. The number of pyridine rings is 1. The molecule has 0 unspecified atom stereocenters. The van der Waals surface area contributed by atoms with Gasteiger partial charge in [-0.3, -0.25) is 9.78 Å². The molecule has 0 aliphatic heterocycles. The lowest BCUT2D eigenvalue weighted by molar-refractivity contribution is 0.102. The zero-order valence-corrected chi connectivity index (χ0v) is 13.9. The number of methoxy groups -OCH3 is 2. The van der Waals surface area contributed by atoms with Crippen molar-refractivity contribution >= 4 is 34.1 Å². The van der Waals surface area contributed by atoms with E-state index in [0.29, 0.717) is 27.8 Å². The summed E-state index contributed by atoms with van der Waals surface area (Å²) in [5.41, 5.74) is 1.83. The van der Waals surface area contributed by atoms with Gasteiger partial charge in [0.1, 0.15) is 0 Å². The third-order valence-corrected chi connectivity index (χ3v) is 3.82. The van der Waals surface area contributed by atoms with Gasteiger partial charge >= 0.3 is 0 Å². The quantitative estimate of drug-likeness (QED) is 0.773. The number of carbonyl (C=O) groups excluding carboxylic acids is 1. The van der Waals surface area contributed by atoms with Gasteiger partial charge in [0.25, 0.3) is 5.91 Å². The van der Waals surface area contributed by atoms with Crippen LogP contribution in [-0.2, 0) is 0 Å². The van der Waals surface area contributed by atoms with Crippen LogP contribution in [0.5, 0.6) is 11.5 Å². The van der Waals surface area contributed by atoms with Gasteiger partial charge in [-0.2, -0.15) is 0 Å². The molecule has 0 saturated heterocycles. The molecule has 3 rings (SSSR count). The van der Waals surface area contributed by atoms with Crippen molar-refractivity contribution in [2.24, 2.45) is 0 Å². The van der Waals surface area contributed by atoms with Crippen molar-refractivity contribution in [2.45, 2.75) is 0 Å². The molecule has 0 radical (unpaired) electrons. The molecule has 0 aliphatic rings. The van der Waals surface area contributed by atoms with Crippen LogP contribution in [0, 0.1) is 0 Å². The van der Waals surface area contributed by atoms with E-state index in [4.69, 9.17) is 21.1 Å². The number of halogens is 1. The second-order valence-corrected chi connectivity index (χ2v) is 5.47. The van der Waals surface area contributed by atoms with Gasteiger partial charge in [0, 0.05) is 10.9 Å². The van der Waals surface area contributed by atoms with Crippen molar-refractivity contribution in [3.05, 3.63) is 59.2 Å². The second kappa shape index (κ2) is 6.76. The maximum absolute atomic E-state index is 12.5. The molecule has 1 heterocycles. The molecule has 2 aromatic carbocycles. The third-order valence-electron chi connectivity index (χ3n) is 3.54. The van der Waals surface area contributed by atoms with Crippen LogP contribution < -0.4 is 14.8 Å². The molecule has 1 amide bonds. The minimum atomic E-state index is -0.310. The summed E-state index contributed by atoms with van der Waals surface area (Å²) in [5, 5.41) is 4.06. The molecule has 3 aromatic rings. The summed E-state index contributed by atoms with van der Waals surface area (Å²) < 4.78 is 10.4. The standard InChI is InChI=1S/C18H15ClN2O3/c1-23-16-9-12(8-14(19)17(16)24-2)18(22)21-13-7-11-5-3-4-6-15(11)20-10-13/h3-10H,1-2H3,(H,21,22). The van der Waals surface area contributed by atoms with Crippen LogP contribution >= 0.6 is 11.6 Å². The van der Waals surface area contributed by atoms with Crippen LogP contribution in [0.15, 0.2) is 48.7 Å². The lowest BCUT2D eigenvalue weighted by Crippen LogP contribution is -2.12. The van der Waals surface area contributed by atoms with Crippen LogP contribution in [0.1, 0.15) is 10.4 Å². The Morgan fingerprint density at radius 1 is 1.12 bits per heavy atom. The number of benzene rings is 2. The number of rotatable bonds is 4. The fraction of sp³-hybridized carbons (Fsp3) is 0.111. The number of amides is 1. The number of anilines is 1. The highest BCUT2D eigenvalue weighted by Gasteiger charge is 2.15. The Morgan fingerprint density at radius 2 is 1.92 bits per heavy atom.